The Bertz CT molecular complexity index is 754. The molecule has 0 spiro atoms. The number of rotatable bonds is 14. The number of carbonyl (C=O) groups excluding carboxylic acids is 4. The zero-order chi connectivity index (χ0) is 23.2. The number of nitrogens with one attached hydrogen (secondary N) is 2. The number of amides is 2. The number of hydroxylamine groups is 1. The van der Waals surface area contributed by atoms with Crippen molar-refractivity contribution >= 4 is 35.3 Å². The van der Waals surface area contributed by atoms with E-state index in [1.54, 1.807) is 12.1 Å². The van der Waals surface area contributed by atoms with Gasteiger partial charge in [-0.1, -0.05) is 56.5 Å². The van der Waals surface area contributed by atoms with E-state index in [1.165, 1.54) is 11.6 Å². The molecule has 0 radical (unpaired) electrons. The highest BCUT2D eigenvalue weighted by Gasteiger charge is 2.28. The minimum absolute atomic E-state index is 0.0652. The predicted molar refractivity (Wildman–Crippen MR) is 117 cm³/mol. The first-order valence-electron chi connectivity index (χ1n) is 10.0. The van der Waals surface area contributed by atoms with Gasteiger partial charge in [-0.3, -0.25) is 24.4 Å². The van der Waals surface area contributed by atoms with Gasteiger partial charge in [-0.2, -0.15) is 0 Å². The highest BCUT2D eigenvalue weighted by molar-refractivity contribution is 8.00. The van der Waals surface area contributed by atoms with Crippen LogP contribution in [0.3, 0.4) is 0 Å². The minimum atomic E-state index is -0.936. The molecule has 1 aromatic carbocycles. The fourth-order valence-corrected chi connectivity index (χ4v) is 3.77. The molecule has 2 amide bonds. The fourth-order valence-electron chi connectivity index (χ4n) is 2.76. The molecule has 0 saturated heterocycles. The summed E-state index contributed by atoms with van der Waals surface area (Å²) in [5.41, 5.74) is 1.54. The number of esters is 1. The molecular weight excluding hydrogens is 420 g/mol. The lowest BCUT2D eigenvalue weighted by molar-refractivity contribution is -0.143. The third-order valence-corrected chi connectivity index (χ3v) is 5.34. The number of hydrogen-bond acceptors (Lipinski definition) is 7. The van der Waals surface area contributed by atoms with Crippen molar-refractivity contribution in [1.82, 2.24) is 10.8 Å². The number of thioether (sulfide) groups is 1. The Morgan fingerprint density at radius 2 is 1.84 bits per heavy atom. The van der Waals surface area contributed by atoms with E-state index in [2.05, 4.69) is 11.9 Å². The van der Waals surface area contributed by atoms with Gasteiger partial charge >= 0.3 is 5.97 Å². The Kier molecular flexibility index (Phi) is 12.2. The average Bonchev–Trinajstić information content (AvgIpc) is 2.75. The molecule has 0 bridgehead atoms. The van der Waals surface area contributed by atoms with Crippen LogP contribution in [0.1, 0.15) is 39.5 Å². The Morgan fingerprint density at radius 3 is 2.42 bits per heavy atom. The lowest BCUT2D eigenvalue weighted by atomic mass is 9.93. The summed E-state index contributed by atoms with van der Waals surface area (Å²) in [7, 11) is 0. The monoisotopic (exact) mass is 450 g/mol. The van der Waals surface area contributed by atoms with Gasteiger partial charge in [-0.05, 0) is 24.5 Å². The fraction of sp³-hybridized carbons (Fsp3) is 0.455. The Balaban J connectivity index is 2.91. The largest absolute Gasteiger partial charge is 0.461 e. The quantitative estimate of drug-likeness (QED) is 0.0995. The lowest BCUT2D eigenvalue weighted by Gasteiger charge is -2.22. The van der Waals surface area contributed by atoms with Gasteiger partial charge in [-0.25, -0.2) is 5.48 Å². The smallest absolute Gasteiger partial charge is 0.306 e. The molecule has 1 aromatic rings. The highest BCUT2D eigenvalue weighted by Crippen LogP contribution is 2.25. The maximum atomic E-state index is 12.9. The Labute approximate surface area is 186 Å². The van der Waals surface area contributed by atoms with Crippen LogP contribution in [0.4, 0.5) is 0 Å². The molecule has 0 aliphatic heterocycles. The molecule has 0 fully saturated rings. The molecule has 9 heteroatoms. The molecule has 0 heterocycles. The molecule has 31 heavy (non-hydrogen) atoms. The minimum Gasteiger partial charge on any atom is -0.461 e. The number of ether oxygens (including phenoxy) is 1. The Hall–Kier alpha value is -2.65. The van der Waals surface area contributed by atoms with E-state index in [0.717, 1.165) is 16.7 Å². The third-order valence-electron chi connectivity index (χ3n) is 4.18. The van der Waals surface area contributed by atoms with E-state index in [-0.39, 0.29) is 37.6 Å². The van der Waals surface area contributed by atoms with Gasteiger partial charge in [0.1, 0.15) is 12.0 Å². The van der Waals surface area contributed by atoms with Gasteiger partial charge in [0, 0.05) is 23.7 Å². The number of Topliss-reactive ketones (excluding diaryl/α,β-unsaturated/α-hetero) is 1. The first-order chi connectivity index (χ1) is 14.8. The van der Waals surface area contributed by atoms with Gasteiger partial charge < -0.3 is 10.1 Å². The van der Waals surface area contributed by atoms with E-state index in [4.69, 9.17) is 9.94 Å². The van der Waals surface area contributed by atoms with Crippen molar-refractivity contribution in [3.05, 3.63) is 43.0 Å². The second-order valence-corrected chi connectivity index (χ2v) is 8.50. The van der Waals surface area contributed by atoms with Gasteiger partial charge in [0.2, 0.25) is 11.8 Å². The Morgan fingerprint density at radius 1 is 1.16 bits per heavy atom. The summed E-state index contributed by atoms with van der Waals surface area (Å²) in [4.78, 5) is 49.8. The first-order valence-corrected chi connectivity index (χ1v) is 10.9. The van der Waals surface area contributed by atoms with Crippen LogP contribution in [0.5, 0.6) is 0 Å². The normalized spacial score (nSPS) is 12.5. The van der Waals surface area contributed by atoms with Crippen LogP contribution in [-0.4, -0.2) is 40.8 Å². The molecular formula is C22H30N2O6S. The molecule has 1 rings (SSSR count). The second kappa shape index (κ2) is 14.4. The van der Waals surface area contributed by atoms with Crippen molar-refractivity contribution in [1.29, 1.82) is 0 Å². The summed E-state index contributed by atoms with van der Waals surface area (Å²) in [6.45, 7) is 7.35. The second-order valence-electron chi connectivity index (χ2n) is 7.32. The molecule has 2 atom stereocenters. The van der Waals surface area contributed by atoms with Crippen molar-refractivity contribution in [3.63, 3.8) is 0 Å². The molecule has 0 aromatic heterocycles. The number of ketones is 1. The summed E-state index contributed by atoms with van der Waals surface area (Å²) < 4.78 is 4.89. The standard InChI is InChI=1S/C22H30N2O6S/c1-4-12-30-20(27)11-10-18(25)22(31-17-8-6-5-7-9-17)23-21(28)16(13-15(2)3)14-19(26)24-29/h4-9,15-16,22,29H,1,10-14H2,2-3H3,(H,23,28)(H,24,26)/t16-,22?/m1/s1. The molecule has 0 aliphatic carbocycles. The van der Waals surface area contributed by atoms with Gasteiger partial charge in [-0.15, -0.1) is 0 Å². The number of benzene rings is 1. The van der Waals surface area contributed by atoms with Crippen LogP contribution in [0.25, 0.3) is 0 Å². The summed E-state index contributed by atoms with van der Waals surface area (Å²) in [5.74, 6) is -2.60. The van der Waals surface area contributed by atoms with E-state index in [9.17, 15) is 19.2 Å². The lowest BCUT2D eigenvalue weighted by Crippen LogP contribution is -2.43. The van der Waals surface area contributed by atoms with Crippen molar-refractivity contribution in [2.45, 2.75) is 49.8 Å². The summed E-state index contributed by atoms with van der Waals surface area (Å²) in [6.07, 6.45) is 1.42. The topological polar surface area (TPSA) is 122 Å². The van der Waals surface area contributed by atoms with Crippen molar-refractivity contribution < 1.29 is 29.1 Å². The van der Waals surface area contributed by atoms with Gasteiger partial charge in [0.25, 0.3) is 0 Å². The predicted octanol–water partition coefficient (Wildman–Crippen LogP) is 2.86. The molecule has 0 saturated carbocycles. The van der Waals surface area contributed by atoms with Crippen LogP contribution < -0.4 is 10.8 Å². The maximum Gasteiger partial charge on any atom is 0.306 e. The van der Waals surface area contributed by atoms with Crippen LogP contribution >= 0.6 is 11.8 Å². The van der Waals surface area contributed by atoms with Crippen LogP contribution in [0.15, 0.2) is 47.9 Å². The van der Waals surface area contributed by atoms with Gasteiger partial charge in [0.05, 0.1) is 6.42 Å². The van der Waals surface area contributed by atoms with Crippen LogP contribution in [0.2, 0.25) is 0 Å². The average molecular weight is 451 g/mol. The number of carbonyl (C=O) groups is 4. The molecule has 170 valence electrons. The third kappa shape index (κ3) is 10.8. The van der Waals surface area contributed by atoms with Gasteiger partial charge in [0.15, 0.2) is 5.78 Å². The summed E-state index contributed by atoms with van der Waals surface area (Å²) in [5, 5.41) is 10.6. The van der Waals surface area contributed by atoms with Crippen molar-refractivity contribution in [3.8, 4) is 0 Å². The SMILES string of the molecule is C=CCOC(=O)CCC(=O)C(NC(=O)[C@@H](CC(=O)NO)CC(C)C)Sc1ccccc1. The molecule has 8 nitrogen and oxygen atoms in total. The van der Waals surface area contributed by atoms with Crippen molar-refractivity contribution in [2.75, 3.05) is 6.61 Å². The molecule has 1 unspecified atom stereocenters. The molecule has 0 aliphatic rings. The van der Waals surface area contributed by atoms with E-state index >= 15 is 0 Å². The zero-order valence-corrected chi connectivity index (χ0v) is 18.7. The zero-order valence-electron chi connectivity index (χ0n) is 17.8. The number of hydrogen-bond donors (Lipinski definition) is 3. The van der Waals surface area contributed by atoms with Crippen LogP contribution in [0, 0.1) is 11.8 Å². The van der Waals surface area contributed by atoms with Crippen molar-refractivity contribution in [2.24, 2.45) is 11.8 Å². The van der Waals surface area contributed by atoms with E-state index in [0.29, 0.717) is 6.42 Å². The van der Waals surface area contributed by atoms with E-state index < -0.39 is 29.1 Å². The van der Waals surface area contributed by atoms with E-state index in [1.807, 2.05) is 32.0 Å². The summed E-state index contributed by atoms with van der Waals surface area (Å²) >= 11 is 1.16. The highest BCUT2D eigenvalue weighted by atomic mass is 32.2. The van der Waals surface area contributed by atoms with Crippen LogP contribution in [-0.2, 0) is 23.9 Å². The molecule has 3 N–H and O–H groups in total. The summed E-state index contributed by atoms with van der Waals surface area (Å²) in [6, 6.07) is 9.07. The maximum absolute atomic E-state index is 12.9. The first kappa shape index (κ1) is 26.4.